The van der Waals surface area contributed by atoms with Crippen molar-refractivity contribution in [1.29, 1.82) is 0 Å². The molecule has 1 atom stereocenters. The second-order valence-corrected chi connectivity index (χ2v) is 20.8. The molecule has 1 amide bonds. The Labute approximate surface area is 388 Å². The minimum atomic E-state index is -4.58. The number of pyridine rings is 1. The fourth-order valence-corrected chi connectivity index (χ4v) is 10.8. The van der Waals surface area contributed by atoms with E-state index >= 15 is 0 Å². The van der Waals surface area contributed by atoms with Gasteiger partial charge in [0.15, 0.2) is 5.65 Å². The third-order valence-corrected chi connectivity index (χ3v) is 15.1. The van der Waals surface area contributed by atoms with Crippen molar-refractivity contribution in [1.82, 2.24) is 34.3 Å². The van der Waals surface area contributed by atoms with E-state index in [0.29, 0.717) is 41.6 Å². The predicted molar refractivity (Wildman–Crippen MR) is 256 cm³/mol. The van der Waals surface area contributed by atoms with E-state index in [1.165, 1.54) is 41.7 Å². The first-order valence-corrected chi connectivity index (χ1v) is 24.5. The maximum atomic E-state index is 14.3. The molecule has 10 rings (SSSR count). The number of allylic oxidation sites excluding steroid dienone is 1. The van der Waals surface area contributed by atoms with Crippen molar-refractivity contribution in [2.75, 3.05) is 69.2 Å². The molecule has 2 saturated heterocycles. The van der Waals surface area contributed by atoms with E-state index in [2.05, 4.69) is 65.8 Å². The lowest BCUT2D eigenvalue weighted by atomic mass is 9.72. The summed E-state index contributed by atoms with van der Waals surface area (Å²) in [5.74, 6) is -0.902. The molecule has 3 aromatic carbocycles. The van der Waals surface area contributed by atoms with Crippen LogP contribution in [0.3, 0.4) is 0 Å². The molecular formula is C48H53ClN10O6S. The van der Waals surface area contributed by atoms with E-state index in [4.69, 9.17) is 16.3 Å². The molecule has 1 saturated carbocycles. The van der Waals surface area contributed by atoms with Crippen molar-refractivity contribution in [2.45, 2.75) is 63.0 Å². The quantitative estimate of drug-likeness (QED) is 0.0761. The highest BCUT2D eigenvalue weighted by molar-refractivity contribution is 7.90. The van der Waals surface area contributed by atoms with Crippen molar-refractivity contribution < 1.29 is 22.9 Å². The smallest absolute Gasteiger partial charge is 0.293 e. The van der Waals surface area contributed by atoms with Crippen LogP contribution < -0.4 is 14.9 Å². The number of nitrogens with one attached hydrogen (secondary N) is 3. The number of aromatic amines is 1. The van der Waals surface area contributed by atoms with Crippen LogP contribution in [-0.2, 0) is 14.8 Å². The molecule has 0 radical (unpaired) electrons. The van der Waals surface area contributed by atoms with Crippen LogP contribution in [0.25, 0.3) is 33.3 Å². The number of ether oxygens (including phenoxy) is 1. The van der Waals surface area contributed by atoms with Gasteiger partial charge in [0, 0.05) is 93.0 Å². The Kier molecular flexibility index (Phi) is 11.8. The van der Waals surface area contributed by atoms with Crippen molar-refractivity contribution in [3.63, 3.8) is 0 Å². The van der Waals surface area contributed by atoms with E-state index in [-0.39, 0.29) is 22.8 Å². The highest BCUT2D eigenvalue weighted by Crippen LogP contribution is 2.43. The number of aromatic nitrogens is 4. The number of anilines is 2. The summed E-state index contributed by atoms with van der Waals surface area (Å²) in [6.07, 6.45) is 8.76. The number of H-pyrrole nitrogens is 1. The number of piperazine rings is 1. The molecular weight excluding hydrogens is 880 g/mol. The van der Waals surface area contributed by atoms with Gasteiger partial charge in [-0.25, -0.2) is 23.1 Å². The molecule has 0 bridgehead atoms. The summed E-state index contributed by atoms with van der Waals surface area (Å²) < 4.78 is 37.7. The zero-order chi connectivity index (χ0) is 45.7. The Morgan fingerprint density at radius 3 is 2.59 bits per heavy atom. The summed E-state index contributed by atoms with van der Waals surface area (Å²) in [4.78, 5) is 41.7. The van der Waals surface area contributed by atoms with Crippen LogP contribution in [0.5, 0.6) is 0 Å². The third-order valence-electron chi connectivity index (χ3n) is 13.5. The minimum Gasteiger partial charge on any atom is -0.377 e. The second kappa shape index (κ2) is 17.8. The van der Waals surface area contributed by atoms with Gasteiger partial charge in [-0.1, -0.05) is 43.2 Å². The number of rotatable bonds is 13. The second-order valence-electron chi connectivity index (χ2n) is 18.7. The Morgan fingerprint density at radius 1 is 1.02 bits per heavy atom. The highest BCUT2D eigenvalue weighted by Gasteiger charge is 2.34. The number of sulfonamides is 1. The van der Waals surface area contributed by atoms with Gasteiger partial charge >= 0.3 is 0 Å². The molecule has 3 N–H and O–H groups in total. The average molecular weight is 934 g/mol. The predicted octanol–water partition coefficient (Wildman–Crippen LogP) is 7.64. The number of fused-ring (bicyclic) bond motifs is 2. The van der Waals surface area contributed by atoms with Crippen molar-refractivity contribution in [2.24, 2.45) is 5.41 Å². The summed E-state index contributed by atoms with van der Waals surface area (Å²) in [5, 5.41) is 20.1. The largest absolute Gasteiger partial charge is 0.377 e. The molecule has 1 unspecified atom stereocenters. The summed E-state index contributed by atoms with van der Waals surface area (Å²) in [6.45, 7) is 11.2. The maximum Gasteiger partial charge on any atom is 0.293 e. The van der Waals surface area contributed by atoms with Gasteiger partial charge in [0.1, 0.15) is 11.2 Å². The van der Waals surface area contributed by atoms with Crippen molar-refractivity contribution in [3.8, 4) is 5.69 Å². The first-order chi connectivity index (χ1) is 31.8. The topological polar surface area (TPSA) is 184 Å². The van der Waals surface area contributed by atoms with Crippen LogP contribution in [0.2, 0.25) is 5.02 Å². The van der Waals surface area contributed by atoms with Crippen molar-refractivity contribution in [3.05, 3.63) is 117 Å². The van der Waals surface area contributed by atoms with Gasteiger partial charge in [-0.05, 0) is 103 Å². The zero-order valence-electron chi connectivity index (χ0n) is 37.0. The number of nitrogens with zero attached hydrogens (tertiary/aromatic N) is 7. The number of nitro benzene ring substituents is 1. The normalized spacial score (nSPS) is 19.7. The summed E-state index contributed by atoms with van der Waals surface area (Å²) in [5.41, 5.74) is 7.25. The summed E-state index contributed by atoms with van der Waals surface area (Å²) in [6, 6.07) is 21.5. The number of hydrogen-bond donors (Lipinski definition) is 3. The number of carbonyl (C=O) groups excluding carboxylic acids is 1. The van der Waals surface area contributed by atoms with E-state index in [1.54, 1.807) is 23.1 Å². The Balaban J connectivity index is 0.894. The van der Waals surface area contributed by atoms with Gasteiger partial charge in [-0.3, -0.25) is 34.5 Å². The molecule has 18 heteroatoms. The molecule has 3 aromatic heterocycles. The first-order valence-electron chi connectivity index (χ1n) is 22.6. The maximum absolute atomic E-state index is 14.3. The van der Waals surface area contributed by atoms with E-state index in [1.807, 2.05) is 36.4 Å². The van der Waals surface area contributed by atoms with Crippen LogP contribution in [0.15, 0.2) is 95.7 Å². The SMILES string of the molecule is CC1(C)CCC(CN2CCN(c3ccc(C(=O)NS(=O)(=O)c4ccc(NCC5CN(C6CC6)CCO5)c([N+](=O)[O-])c4)c(-n4[nH]cc5nc6nccc6cc54)c3)CC2)=C(c2ccc(Cl)cc2)C1. The molecule has 2 aliphatic carbocycles. The fourth-order valence-electron chi connectivity index (χ4n) is 9.68. The van der Waals surface area contributed by atoms with Crippen molar-refractivity contribution >= 4 is 72.2 Å². The minimum absolute atomic E-state index is 0.0674. The molecule has 4 aliphatic rings. The lowest BCUT2D eigenvalue weighted by Crippen LogP contribution is -2.47. The zero-order valence-corrected chi connectivity index (χ0v) is 38.6. The van der Waals surface area contributed by atoms with Gasteiger partial charge in [-0.2, -0.15) is 0 Å². The number of carbonyl (C=O) groups is 1. The lowest BCUT2D eigenvalue weighted by Gasteiger charge is -2.39. The Bertz CT molecular complexity index is 2970. The van der Waals surface area contributed by atoms with Gasteiger partial charge in [0.05, 0.1) is 39.3 Å². The molecule has 6 aromatic rings. The molecule has 344 valence electrons. The van der Waals surface area contributed by atoms with Crippen LogP contribution >= 0.6 is 11.6 Å². The number of benzene rings is 3. The van der Waals surface area contributed by atoms with E-state index in [9.17, 15) is 23.3 Å². The van der Waals surface area contributed by atoms with Crippen LogP contribution in [0, 0.1) is 15.5 Å². The highest BCUT2D eigenvalue weighted by atomic mass is 35.5. The van der Waals surface area contributed by atoms with Crippen LogP contribution in [0.1, 0.15) is 61.9 Å². The summed E-state index contributed by atoms with van der Waals surface area (Å²) >= 11 is 6.26. The first kappa shape index (κ1) is 44.0. The molecule has 2 aliphatic heterocycles. The van der Waals surface area contributed by atoms with Gasteiger partial charge in [-0.15, -0.1) is 0 Å². The van der Waals surface area contributed by atoms with Gasteiger partial charge in [0.2, 0.25) is 0 Å². The van der Waals surface area contributed by atoms with Gasteiger partial charge < -0.3 is 15.0 Å². The van der Waals surface area contributed by atoms with Gasteiger partial charge in [0.25, 0.3) is 21.6 Å². The monoisotopic (exact) mass is 932 g/mol. The summed E-state index contributed by atoms with van der Waals surface area (Å²) in [7, 11) is -4.58. The number of nitro groups is 1. The molecule has 66 heavy (non-hydrogen) atoms. The Hall–Kier alpha value is -5.85. The third kappa shape index (κ3) is 9.27. The lowest BCUT2D eigenvalue weighted by molar-refractivity contribution is -0.384. The van der Waals surface area contributed by atoms with E-state index in [0.717, 1.165) is 87.2 Å². The van der Waals surface area contributed by atoms with Crippen LogP contribution in [-0.4, -0.2) is 120 Å². The number of morpholine rings is 1. The molecule has 0 spiro atoms. The van der Waals surface area contributed by atoms with E-state index < -0.39 is 31.4 Å². The average Bonchev–Trinajstić information content (AvgIpc) is 3.93. The standard InChI is InChI=1S/C48H53ClN10O6S/c1-48(2)15-13-33(40(26-48)31-3-5-34(49)6-4-31)29-55-17-19-56(20-18-55)36-9-11-39(43(24-36)58-44-23-32-14-16-50-46(32)53-42(44)28-52-58)47(60)54-66(63,64)38-10-12-41(45(25-38)59(61)62)51-27-37-30-57(21-22-65-37)35-7-8-35/h3-6,9-12,14,16,23-25,28,35,37,51-52H,7-8,13,15,17-22,26-27,29-30H2,1-2H3,(H,54,60). The number of amides is 1. The molecule has 3 fully saturated rings. The number of halogens is 1. The number of hydrogen-bond acceptors (Lipinski definition) is 12. The fraction of sp³-hybridized carbons (Fsp3) is 0.396. The molecule has 16 nitrogen and oxygen atoms in total. The van der Waals surface area contributed by atoms with Crippen LogP contribution in [0.4, 0.5) is 17.1 Å². The molecule has 5 heterocycles. The Morgan fingerprint density at radius 2 is 1.82 bits per heavy atom.